The van der Waals surface area contributed by atoms with E-state index in [9.17, 15) is 9.59 Å². The molecule has 1 aromatic carbocycles. The zero-order chi connectivity index (χ0) is 21.0. The number of thioether (sulfide) groups is 1. The summed E-state index contributed by atoms with van der Waals surface area (Å²) in [5, 5.41) is 3.47. The summed E-state index contributed by atoms with van der Waals surface area (Å²) in [6.07, 6.45) is 5.03. The van der Waals surface area contributed by atoms with Crippen molar-refractivity contribution in [2.45, 2.75) is 57.0 Å². The van der Waals surface area contributed by atoms with Gasteiger partial charge in [0.1, 0.15) is 16.4 Å². The molecule has 6 nitrogen and oxygen atoms in total. The maximum atomic E-state index is 12.6. The fourth-order valence-electron chi connectivity index (χ4n) is 3.09. The predicted molar refractivity (Wildman–Crippen MR) is 113 cm³/mol. The van der Waals surface area contributed by atoms with Gasteiger partial charge in [-0.1, -0.05) is 31.2 Å². The maximum Gasteiger partial charge on any atom is 0.343 e. The molecule has 0 radical (unpaired) electrons. The molecule has 154 valence electrons. The molecule has 7 heteroatoms. The van der Waals surface area contributed by atoms with Gasteiger partial charge in [0, 0.05) is 5.92 Å². The van der Waals surface area contributed by atoms with Crippen molar-refractivity contribution >= 4 is 23.6 Å². The number of aryl methyl sites for hydroxylation is 2. The number of amides is 1. The summed E-state index contributed by atoms with van der Waals surface area (Å²) in [5.41, 5.74) is 3.20. The van der Waals surface area contributed by atoms with Crippen LogP contribution in [0.1, 0.15) is 71.7 Å². The summed E-state index contributed by atoms with van der Waals surface area (Å²) in [4.78, 5) is 33.8. The first kappa shape index (κ1) is 21.3. The van der Waals surface area contributed by atoms with Gasteiger partial charge in [-0.25, -0.2) is 14.8 Å². The molecule has 1 saturated carbocycles. The minimum atomic E-state index is -0.565. The Morgan fingerprint density at radius 3 is 2.52 bits per heavy atom. The van der Waals surface area contributed by atoms with Crippen molar-refractivity contribution in [2.24, 2.45) is 0 Å². The third kappa shape index (κ3) is 5.35. The van der Waals surface area contributed by atoms with Crippen molar-refractivity contribution in [3.05, 3.63) is 52.5 Å². The van der Waals surface area contributed by atoms with Gasteiger partial charge in [-0.15, -0.1) is 11.8 Å². The number of benzene rings is 1. The van der Waals surface area contributed by atoms with Gasteiger partial charge in [-0.2, -0.15) is 0 Å². The van der Waals surface area contributed by atoms with Crippen molar-refractivity contribution in [1.29, 1.82) is 0 Å². The first-order valence-electron chi connectivity index (χ1n) is 9.90. The number of carbonyl (C=O) groups excluding carboxylic acids is 2. The number of hydrogen-bond donors (Lipinski definition) is 1. The van der Waals surface area contributed by atoms with Crippen LogP contribution in [0.3, 0.4) is 0 Å². The fourth-order valence-corrected chi connectivity index (χ4v) is 3.71. The molecule has 0 saturated heterocycles. The summed E-state index contributed by atoms with van der Waals surface area (Å²) in [6.45, 7) is 5.45. The largest absolute Gasteiger partial charge is 0.452 e. The van der Waals surface area contributed by atoms with E-state index in [-0.39, 0.29) is 18.6 Å². The van der Waals surface area contributed by atoms with E-state index in [1.54, 1.807) is 6.92 Å². The topological polar surface area (TPSA) is 81.2 Å². The van der Waals surface area contributed by atoms with Gasteiger partial charge in [0.25, 0.3) is 5.91 Å². The normalized spacial score (nSPS) is 14.3. The molecule has 1 aliphatic rings. The monoisotopic (exact) mass is 413 g/mol. The average Bonchev–Trinajstić information content (AvgIpc) is 3.56. The second-order valence-corrected chi connectivity index (χ2v) is 8.08. The van der Waals surface area contributed by atoms with Gasteiger partial charge in [0.05, 0.1) is 11.7 Å². The Bertz CT molecular complexity index is 895. The second kappa shape index (κ2) is 9.39. The molecule has 3 rings (SSSR count). The third-order valence-corrected chi connectivity index (χ3v) is 5.70. The van der Waals surface area contributed by atoms with Gasteiger partial charge in [-0.05, 0) is 50.5 Å². The van der Waals surface area contributed by atoms with E-state index in [1.165, 1.54) is 17.3 Å². The molecule has 1 atom stereocenters. The SMILES string of the molecule is CCc1ccc(C(C)NC(=O)COC(=O)c2c(C)nc(C3CC3)nc2SC)cc1. The van der Waals surface area contributed by atoms with Crippen LogP contribution in [0.25, 0.3) is 0 Å². The van der Waals surface area contributed by atoms with Gasteiger partial charge in [0.2, 0.25) is 0 Å². The molecule has 0 spiro atoms. The van der Waals surface area contributed by atoms with Crippen LogP contribution in [0.5, 0.6) is 0 Å². The highest BCUT2D eigenvalue weighted by atomic mass is 32.2. The van der Waals surface area contributed by atoms with Gasteiger partial charge >= 0.3 is 5.97 Å². The zero-order valence-corrected chi connectivity index (χ0v) is 18.1. The Labute approximate surface area is 175 Å². The lowest BCUT2D eigenvalue weighted by molar-refractivity contribution is -0.124. The number of hydrogen-bond acceptors (Lipinski definition) is 6. The number of esters is 1. The van der Waals surface area contributed by atoms with Gasteiger partial charge < -0.3 is 10.1 Å². The number of rotatable bonds is 8. The predicted octanol–water partition coefficient (Wildman–Crippen LogP) is 3.98. The standard InChI is InChI=1S/C22H27N3O3S/c1-5-15-6-8-16(9-7-15)13(2)23-18(26)12-28-22(27)19-14(3)24-20(17-10-11-17)25-21(19)29-4/h6-9,13,17H,5,10-12H2,1-4H3,(H,23,26). The van der Waals surface area contributed by atoms with E-state index in [0.717, 1.165) is 30.7 Å². The van der Waals surface area contributed by atoms with Crippen LogP contribution in [0, 0.1) is 6.92 Å². The van der Waals surface area contributed by atoms with Gasteiger partial charge in [-0.3, -0.25) is 4.79 Å². The Morgan fingerprint density at radius 2 is 1.93 bits per heavy atom. The Balaban J connectivity index is 1.59. The van der Waals surface area contributed by atoms with Crippen LogP contribution >= 0.6 is 11.8 Å². The molecular weight excluding hydrogens is 386 g/mol. The van der Waals surface area contributed by atoms with Crippen molar-refractivity contribution < 1.29 is 14.3 Å². The maximum absolute atomic E-state index is 12.6. The average molecular weight is 414 g/mol. The van der Waals surface area contributed by atoms with Crippen molar-refractivity contribution in [1.82, 2.24) is 15.3 Å². The molecular formula is C22H27N3O3S. The highest BCUT2D eigenvalue weighted by Gasteiger charge is 2.29. The number of aromatic nitrogens is 2. The lowest BCUT2D eigenvalue weighted by atomic mass is 10.1. The van der Waals surface area contributed by atoms with E-state index < -0.39 is 5.97 Å². The van der Waals surface area contributed by atoms with Crippen LogP contribution in [0.4, 0.5) is 0 Å². The van der Waals surface area contributed by atoms with Crippen LogP contribution in [0.2, 0.25) is 0 Å². The number of nitrogens with zero attached hydrogens (tertiary/aromatic N) is 2. The first-order chi connectivity index (χ1) is 13.9. The Morgan fingerprint density at radius 1 is 1.24 bits per heavy atom. The second-order valence-electron chi connectivity index (χ2n) is 7.29. The molecule has 1 aliphatic carbocycles. The molecule has 2 aromatic rings. The minimum absolute atomic E-state index is 0.170. The Hall–Kier alpha value is -2.41. The van der Waals surface area contributed by atoms with E-state index in [0.29, 0.717) is 22.2 Å². The lowest BCUT2D eigenvalue weighted by Gasteiger charge is -2.15. The zero-order valence-electron chi connectivity index (χ0n) is 17.3. The summed E-state index contributed by atoms with van der Waals surface area (Å²) < 4.78 is 5.26. The van der Waals surface area contributed by atoms with Gasteiger partial charge in [0.15, 0.2) is 6.61 Å². The quantitative estimate of drug-likeness (QED) is 0.400. The molecule has 1 unspecified atom stereocenters. The van der Waals surface area contributed by atoms with Crippen LogP contribution < -0.4 is 5.32 Å². The molecule has 1 fully saturated rings. The molecule has 0 bridgehead atoms. The summed E-state index contributed by atoms with van der Waals surface area (Å²) >= 11 is 1.39. The molecule has 29 heavy (non-hydrogen) atoms. The lowest BCUT2D eigenvalue weighted by Crippen LogP contribution is -2.31. The number of nitrogens with one attached hydrogen (secondary N) is 1. The van der Waals surface area contributed by atoms with Crippen molar-refractivity contribution in [3.63, 3.8) is 0 Å². The third-order valence-electron chi connectivity index (χ3n) is 5.01. The molecule has 1 N–H and O–H groups in total. The molecule has 0 aliphatic heterocycles. The molecule has 1 aromatic heterocycles. The Kier molecular flexibility index (Phi) is 6.90. The van der Waals surface area contributed by atoms with E-state index >= 15 is 0 Å². The molecule has 1 amide bonds. The van der Waals surface area contributed by atoms with Crippen LogP contribution in [-0.4, -0.2) is 34.7 Å². The van der Waals surface area contributed by atoms with E-state index in [1.807, 2.05) is 25.3 Å². The summed E-state index contributed by atoms with van der Waals surface area (Å²) in [5.74, 6) is 0.293. The number of carbonyl (C=O) groups is 2. The van der Waals surface area contributed by atoms with Crippen LogP contribution in [0.15, 0.2) is 29.3 Å². The highest BCUT2D eigenvalue weighted by molar-refractivity contribution is 7.98. The first-order valence-corrected chi connectivity index (χ1v) is 11.1. The van der Waals surface area contributed by atoms with E-state index in [2.05, 4.69) is 34.3 Å². The minimum Gasteiger partial charge on any atom is -0.452 e. The highest BCUT2D eigenvalue weighted by Crippen LogP contribution is 2.39. The van der Waals surface area contributed by atoms with Crippen molar-refractivity contribution in [3.8, 4) is 0 Å². The van der Waals surface area contributed by atoms with Crippen LogP contribution in [-0.2, 0) is 16.0 Å². The number of ether oxygens (including phenoxy) is 1. The molecule has 1 heterocycles. The fraction of sp³-hybridized carbons (Fsp3) is 0.455. The summed E-state index contributed by atoms with van der Waals surface area (Å²) in [7, 11) is 0. The summed E-state index contributed by atoms with van der Waals surface area (Å²) in [6, 6.07) is 7.94. The van der Waals surface area contributed by atoms with E-state index in [4.69, 9.17) is 4.74 Å². The smallest absolute Gasteiger partial charge is 0.343 e. The van der Waals surface area contributed by atoms with Crippen molar-refractivity contribution in [2.75, 3.05) is 12.9 Å².